The van der Waals surface area contributed by atoms with Crippen LogP contribution in [0.1, 0.15) is 21.5 Å². The first-order valence-electron chi connectivity index (χ1n) is 8.23. The molecule has 0 aliphatic carbocycles. The predicted octanol–water partition coefficient (Wildman–Crippen LogP) is 3.85. The van der Waals surface area contributed by atoms with E-state index in [-0.39, 0.29) is 10.8 Å². The van der Waals surface area contributed by atoms with Crippen LogP contribution in [-0.2, 0) is 10.0 Å². The van der Waals surface area contributed by atoms with Crippen LogP contribution < -0.4 is 9.62 Å². The largest absolute Gasteiger partial charge is 0.311 e. The summed E-state index contributed by atoms with van der Waals surface area (Å²) in [6.45, 7) is 3.91. The molecule has 0 atom stereocenters. The van der Waals surface area contributed by atoms with Gasteiger partial charge in [0.25, 0.3) is 15.9 Å². The summed E-state index contributed by atoms with van der Waals surface area (Å²) in [4.78, 5) is 14.1. The minimum atomic E-state index is -3.79. The number of anilines is 2. The second-order valence-electron chi connectivity index (χ2n) is 6.58. The SMILES string of the molecule is Cc1ccc(NS(=O)(=O)c2ccc3c4c(cccc24)C(=O)N3C)cc1C. The summed E-state index contributed by atoms with van der Waals surface area (Å²) in [6.07, 6.45) is 0. The van der Waals surface area contributed by atoms with Crippen LogP contribution in [0.2, 0.25) is 0 Å². The second kappa shape index (κ2) is 5.57. The van der Waals surface area contributed by atoms with Gasteiger partial charge in [0.05, 0.1) is 10.6 Å². The van der Waals surface area contributed by atoms with Gasteiger partial charge in [-0.3, -0.25) is 9.52 Å². The molecule has 26 heavy (non-hydrogen) atoms. The molecule has 0 radical (unpaired) electrons. The number of carbonyl (C=O) groups excluding carboxylic acids is 1. The molecule has 4 rings (SSSR count). The lowest BCUT2D eigenvalue weighted by Gasteiger charge is -2.14. The van der Waals surface area contributed by atoms with Crippen molar-refractivity contribution in [3.63, 3.8) is 0 Å². The van der Waals surface area contributed by atoms with Crippen LogP contribution in [0, 0.1) is 13.8 Å². The molecule has 1 aliphatic heterocycles. The molecule has 1 aliphatic rings. The quantitative estimate of drug-likeness (QED) is 0.766. The Hall–Kier alpha value is -2.86. The normalized spacial score (nSPS) is 13.5. The standard InChI is InChI=1S/C20H18N2O3S/c1-12-7-8-14(11-13(12)2)21-26(24,25)18-10-9-17-19-15(18)5-4-6-16(19)20(23)22(17)3/h4-11,21H,1-3H3. The van der Waals surface area contributed by atoms with Crippen molar-refractivity contribution in [2.24, 2.45) is 0 Å². The van der Waals surface area contributed by atoms with Crippen molar-refractivity contribution in [3.05, 3.63) is 65.2 Å². The highest BCUT2D eigenvalue weighted by atomic mass is 32.2. The lowest BCUT2D eigenvalue weighted by atomic mass is 10.1. The second-order valence-corrected chi connectivity index (χ2v) is 8.23. The monoisotopic (exact) mass is 366 g/mol. The van der Waals surface area contributed by atoms with Gasteiger partial charge in [0.2, 0.25) is 0 Å². The third kappa shape index (κ3) is 2.37. The summed E-state index contributed by atoms with van der Waals surface area (Å²) < 4.78 is 28.7. The van der Waals surface area contributed by atoms with Gasteiger partial charge >= 0.3 is 0 Å². The Kier molecular flexibility index (Phi) is 3.56. The van der Waals surface area contributed by atoms with Gasteiger partial charge in [0, 0.05) is 29.1 Å². The fourth-order valence-electron chi connectivity index (χ4n) is 3.36. The maximum atomic E-state index is 13.0. The molecule has 0 aromatic heterocycles. The van der Waals surface area contributed by atoms with Crippen LogP contribution in [-0.4, -0.2) is 21.4 Å². The highest BCUT2D eigenvalue weighted by Crippen LogP contribution is 2.39. The highest BCUT2D eigenvalue weighted by Gasteiger charge is 2.30. The fourth-order valence-corrected chi connectivity index (χ4v) is 4.61. The Bertz CT molecular complexity index is 1180. The number of nitrogens with zero attached hydrogens (tertiary/aromatic N) is 1. The van der Waals surface area contributed by atoms with E-state index in [9.17, 15) is 13.2 Å². The lowest BCUT2D eigenvalue weighted by molar-refractivity contribution is 0.0999. The summed E-state index contributed by atoms with van der Waals surface area (Å²) in [6, 6.07) is 13.9. The number of hydrogen-bond donors (Lipinski definition) is 1. The van der Waals surface area contributed by atoms with Crippen molar-refractivity contribution in [3.8, 4) is 0 Å². The Morgan fingerprint density at radius 1 is 0.962 bits per heavy atom. The number of hydrogen-bond acceptors (Lipinski definition) is 3. The molecular formula is C20H18N2O3S. The maximum Gasteiger partial charge on any atom is 0.262 e. The summed E-state index contributed by atoms with van der Waals surface area (Å²) in [5, 5.41) is 1.23. The number of aryl methyl sites for hydroxylation is 2. The van der Waals surface area contributed by atoms with Crippen molar-refractivity contribution in [2.75, 3.05) is 16.7 Å². The molecule has 0 saturated heterocycles. The van der Waals surface area contributed by atoms with E-state index in [0.29, 0.717) is 22.0 Å². The van der Waals surface area contributed by atoms with Gasteiger partial charge in [-0.2, -0.15) is 0 Å². The van der Waals surface area contributed by atoms with Crippen LogP contribution in [0.4, 0.5) is 11.4 Å². The van der Waals surface area contributed by atoms with Crippen LogP contribution in [0.15, 0.2) is 53.4 Å². The number of amides is 1. The van der Waals surface area contributed by atoms with Gasteiger partial charge in [-0.15, -0.1) is 0 Å². The molecule has 3 aromatic carbocycles. The van der Waals surface area contributed by atoms with Gasteiger partial charge in [0.1, 0.15) is 0 Å². The molecule has 5 nitrogen and oxygen atoms in total. The zero-order chi connectivity index (χ0) is 18.6. The highest BCUT2D eigenvalue weighted by molar-refractivity contribution is 7.93. The zero-order valence-corrected chi connectivity index (χ0v) is 15.5. The van der Waals surface area contributed by atoms with Crippen LogP contribution in [0.25, 0.3) is 10.8 Å². The van der Waals surface area contributed by atoms with Crippen LogP contribution >= 0.6 is 0 Å². The molecule has 132 valence electrons. The molecule has 1 N–H and O–H groups in total. The minimum absolute atomic E-state index is 0.123. The van der Waals surface area contributed by atoms with E-state index in [1.165, 1.54) is 0 Å². The third-order valence-electron chi connectivity index (χ3n) is 4.92. The average Bonchev–Trinajstić information content (AvgIpc) is 2.85. The van der Waals surface area contributed by atoms with Crippen molar-refractivity contribution in [2.45, 2.75) is 18.7 Å². The van der Waals surface area contributed by atoms with E-state index in [1.54, 1.807) is 48.3 Å². The molecule has 1 heterocycles. The van der Waals surface area contributed by atoms with E-state index < -0.39 is 10.0 Å². The molecule has 0 saturated carbocycles. The number of nitrogens with one attached hydrogen (secondary N) is 1. The van der Waals surface area contributed by atoms with Crippen molar-refractivity contribution < 1.29 is 13.2 Å². The Labute approximate surface area is 152 Å². The molecule has 0 unspecified atom stereocenters. The fraction of sp³-hybridized carbons (Fsp3) is 0.150. The zero-order valence-electron chi connectivity index (χ0n) is 14.7. The maximum absolute atomic E-state index is 13.0. The van der Waals surface area contributed by atoms with E-state index in [1.807, 2.05) is 26.0 Å². The van der Waals surface area contributed by atoms with Crippen molar-refractivity contribution >= 4 is 38.1 Å². The van der Waals surface area contributed by atoms with E-state index in [4.69, 9.17) is 0 Å². The predicted molar refractivity (Wildman–Crippen MR) is 103 cm³/mol. The molecule has 0 bridgehead atoms. The molecule has 0 spiro atoms. The van der Waals surface area contributed by atoms with Gasteiger partial charge in [0.15, 0.2) is 0 Å². The van der Waals surface area contributed by atoms with E-state index in [2.05, 4.69) is 4.72 Å². The molecule has 0 fully saturated rings. The van der Waals surface area contributed by atoms with Crippen LogP contribution in [0.5, 0.6) is 0 Å². The van der Waals surface area contributed by atoms with Gasteiger partial charge in [-0.05, 0) is 55.3 Å². The van der Waals surface area contributed by atoms with Crippen molar-refractivity contribution in [1.82, 2.24) is 0 Å². The van der Waals surface area contributed by atoms with Gasteiger partial charge in [-0.1, -0.05) is 18.2 Å². The van der Waals surface area contributed by atoms with Crippen molar-refractivity contribution in [1.29, 1.82) is 0 Å². The first-order valence-corrected chi connectivity index (χ1v) is 9.72. The summed E-state index contributed by atoms with van der Waals surface area (Å²) in [7, 11) is -2.10. The Morgan fingerprint density at radius 2 is 1.73 bits per heavy atom. The van der Waals surface area contributed by atoms with E-state index in [0.717, 1.165) is 16.8 Å². The smallest absolute Gasteiger partial charge is 0.262 e. The molecule has 1 amide bonds. The summed E-state index contributed by atoms with van der Waals surface area (Å²) in [5.74, 6) is -0.123. The third-order valence-corrected chi connectivity index (χ3v) is 6.36. The van der Waals surface area contributed by atoms with Gasteiger partial charge in [-0.25, -0.2) is 8.42 Å². The number of sulfonamides is 1. The Morgan fingerprint density at radius 3 is 2.46 bits per heavy atom. The first-order chi connectivity index (χ1) is 12.3. The summed E-state index contributed by atoms with van der Waals surface area (Å²) in [5.41, 5.74) is 3.89. The van der Waals surface area contributed by atoms with E-state index >= 15 is 0 Å². The van der Waals surface area contributed by atoms with Gasteiger partial charge < -0.3 is 4.90 Å². The lowest BCUT2D eigenvalue weighted by Crippen LogP contribution is -2.20. The summed E-state index contributed by atoms with van der Waals surface area (Å²) >= 11 is 0. The number of carbonyl (C=O) groups is 1. The topological polar surface area (TPSA) is 66.5 Å². The molecular weight excluding hydrogens is 348 g/mol. The minimum Gasteiger partial charge on any atom is -0.311 e. The molecule has 6 heteroatoms. The average molecular weight is 366 g/mol. The number of rotatable bonds is 3. The first kappa shape index (κ1) is 16.6. The van der Waals surface area contributed by atoms with Crippen LogP contribution in [0.3, 0.4) is 0 Å². The Balaban J connectivity index is 1.87. The number of benzene rings is 3. The molecule has 3 aromatic rings.